The molecule has 0 aromatic carbocycles. The standard InChI is InChI=1S/C15H16/c1-11-6-8-13-10-12-4-2-3-5-14(12)15(13)9-7-11/h6-10H,2-5H2,1H3. The first kappa shape index (κ1) is 8.96. The molecule has 0 heteroatoms. The summed E-state index contributed by atoms with van der Waals surface area (Å²) in [6.07, 6.45) is 5.30. The Morgan fingerprint density at radius 2 is 1.73 bits per heavy atom. The van der Waals surface area contributed by atoms with Crippen molar-refractivity contribution in [2.75, 3.05) is 0 Å². The minimum Gasteiger partial charge on any atom is -0.0587 e. The lowest BCUT2D eigenvalue weighted by Crippen LogP contribution is -1.98. The minimum absolute atomic E-state index is 1.28. The Hall–Kier alpha value is -1.30. The van der Waals surface area contributed by atoms with Gasteiger partial charge in [0.05, 0.1) is 0 Å². The summed E-state index contributed by atoms with van der Waals surface area (Å²) in [6.45, 7) is 2.16. The van der Waals surface area contributed by atoms with E-state index in [0.29, 0.717) is 0 Å². The van der Waals surface area contributed by atoms with Gasteiger partial charge >= 0.3 is 0 Å². The summed E-state index contributed by atoms with van der Waals surface area (Å²) >= 11 is 0. The SMILES string of the molecule is Cc1ccc2cc3c(c-2cc1)CCCC3. The van der Waals surface area contributed by atoms with Crippen molar-refractivity contribution in [2.24, 2.45) is 0 Å². The van der Waals surface area contributed by atoms with Gasteiger partial charge in [-0.25, -0.2) is 0 Å². The third-order valence-corrected chi connectivity index (χ3v) is 3.52. The lowest BCUT2D eigenvalue weighted by Gasteiger charge is -2.11. The van der Waals surface area contributed by atoms with Crippen molar-refractivity contribution in [1.82, 2.24) is 0 Å². The first-order valence-electron chi connectivity index (χ1n) is 5.86. The summed E-state index contributed by atoms with van der Waals surface area (Å²) in [6, 6.07) is 11.4. The second kappa shape index (κ2) is 3.37. The Bertz CT molecular complexity index is 468. The quantitative estimate of drug-likeness (QED) is 0.598. The molecule has 3 aliphatic rings. The average molecular weight is 196 g/mol. The molecule has 0 atom stereocenters. The first-order valence-corrected chi connectivity index (χ1v) is 5.86. The van der Waals surface area contributed by atoms with Crippen LogP contribution in [0.4, 0.5) is 0 Å². The first-order chi connectivity index (χ1) is 7.34. The Kier molecular flexibility index (Phi) is 2.02. The Morgan fingerprint density at radius 1 is 0.933 bits per heavy atom. The van der Waals surface area contributed by atoms with Gasteiger partial charge in [0.15, 0.2) is 0 Å². The summed E-state index contributed by atoms with van der Waals surface area (Å²) < 4.78 is 0. The van der Waals surface area contributed by atoms with Crippen LogP contribution in [-0.2, 0) is 12.8 Å². The smallest absolute Gasteiger partial charge is 0.0149 e. The second-order valence-corrected chi connectivity index (χ2v) is 4.63. The van der Waals surface area contributed by atoms with Gasteiger partial charge in [0, 0.05) is 0 Å². The van der Waals surface area contributed by atoms with Gasteiger partial charge < -0.3 is 0 Å². The molecule has 0 nitrogen and oxygen atoms in total. The molecule has 0 aromatic heterocycles. The van der Waals surface area contributed by atoms with Gasteiger partial charge in [-0.15, -0.1) is 0 Å². The Labute approximate surface area is 91.3 Å². The summed E-state index contributed by atoms with van der Waals surface area (Å²) in [5, 5.41) is 0. The van der Waals surface area contributed by atoms with Crippen molar-refractivity contribution >= 4 is 0 Å². The molecule has 0 aliphatic heterocycles. The number of hydrogen-bond donors (Lipinski definition) is 0. The van der Waals surface area contributed by atoms with Crippen LogP contribution in [0.5, 0.6) is 0 Å². The molecule has 3 aliphatic carbocycles. The van der Waals surface area contributed by atoms with E-state index in [1.54, 1.807) is 11.1 Å². The number of hydrogen-bond acceptors (Lipinski definition) is 0. The van der Waals surface area contributed by atoms with E-state index in [1.165, 1.54) is 42.4 Å². The second-order valence-electron chi connectivity index (χ2n) is 4.63. The van der Waals surface area contributed by atoms with Crippen LogP contribution in [0.3, 0.4) is 0 Å². The van der Waals surface area contributed by atoms with Crippen LogP contribution in [0.2, 0.25) is 0 Å². The highest BCUT2D eigenvalue weighted by atomic mass is 14.2. The zero-order valence-corrected chi connectivity index (χ0v) is 9.22. The number of rotatable bonds is 0. The fourth-order valence-corrected chi connectivity index (χ4v) is 2.66. The maximum Gasteiger partial charge on any atom is -0.0149 e. The minimum atomic E-state index is 1.28. The van der Waals surface area contributed by atoms with Crippen LogP contribution < -0.4 is 0 Å². The fourth-order valence-electron chi connectivity index (χ4n) is 2.66. The lowest BCUT2D eigenvalue weighted by atomic mass is 9.94. The van der Waals surface area contributed by atoms with Gasteiger partial charge in [0.25, 0.3) is 0 Å². The molecule has 0 N–H and O–H groups in total. The molecular formula is C15H16. The third-order valence-electron chi connectivity index (χ3n) is 3.52. The van der Waals surface area contributed by atoms with E-state index in [2.05, 4.69) is 37.3 Å². The molecular weight excluding hydrogens is 180 g/mol. The van der Waals surface area contributed by atoms with Gasteiger partial charge in [0.1, 0.15) is 0 Å². The van der Waals surface area contributed by atoms with E-state index in [4.69, 9.17) is 0 Å². The largest absolute Gasteiger partial charge is 0.0587 e. The molecule has 0 saturated heterocycles. The lowest BCUT2D eigenvalue weighted by molar-refractivity contribution is 0.691. The highest BCUT2D eigenvalue weighted by Gasteiger charge is 2.17. The highest BCUT2D eigenvalue weighted by Crippen LogP contribution is 2.35. The number of fused-ring (bicyclic) bond motifs is 3. The van der Waals surface area contributed by atoms with Crippen molar-refractivity contribution in [3.8, 4) is 11.1 Å². The van der Waals surface area contributed by atoms with Crippen molar-refractivity contribution in [1.29, 1.82) is 0 Å². The van der Waals surface area contributed by atoms with Crippen molar-refractivity contribution in [3.63, 3.8) is 0 Å². The molecule has 0 amide bonds. The molecule has 76 valence electrons. The van der Waals surface area contributed by atoms with Crippen molar-refractivity contribution < 1.29 is 0 Å². The van der Waals surface area contributed by atoms with Crippen LogP contribution in [0.25, 0.3) is 11.1 Å². The Balaban J connectivity index is 2.25. The van der Waals surface area contributed by atoms with Crippen LogP contribution in [-0.4, -0.2) is 0 Å². The fraction of sp³-hybridized carbons (Fsp3) is 0.333. The molecule has 3 rings (SSSR count). The third kappa shape index (κ3) is 1.45. The predicted octanol–water partition coefficient (Wildman–Crippen LogP) is 3.98. The van der Waals surface area contributed by atoms with Gasteiger partial charge in [-0.3, -0.25) is 0 Å². The van der Waals surface area contributed by atoms with Crippen LogP contribution in [0, 0.1) is 6.92 Å². The van der Waals surface area contributed by atoms with Gasteiger partial charge in [0.2, 0.25) is 0 Å². The summed E-state index contributed by atoms with van der Waals surface area (Å²) in [7, 11) is 0. The molecule has 0 unspecified atom stereocenters. The molecule has 0 heterocycles. The maximum absolute atomic E-state index is 2.39. The van der Waals surface area contributed by atoms with Gasteiger partial charge in [-0.05, 0) is 54.9 Å². The molecule has 0 fully saturated rings. The average Bonchev–Trinajstić information content (AvgIpc) is 2.51. The van der Waals surface area contributed by atoms with Gasteiger partial charge in [-0.2, -0.15) is 0 Å². The van der Waals surface area contributed by atoms with Crippen LogP contribution in [0.1, 0.15) is 29.5 Å². The summed E-state index contributed by atoms with van der Waals surface area (Å²) in [5.74, 6) is 0. The molecule has 0 aromatic rings. The van der Waals surface area contributed by atoms with E-state index >= 15 is 0 Å². The highest BCUT2D eigenvalue weighted by molar-refractivity contribution is 5.73. The van der Waals surface area contributed by atoms with E-state index < -0.39 is 0 Å². The molecule has 0 radical (unpaired) electrons. The van der Waals surface area contributed by atoms with Crippen molar-refractivity contribution in [2.45, 2.75) is 32.6 Å². The normalized spacial score (nSPS) is 15.3. The zero-order chi connectivity index (χ0) is 10.3. The topological polar surface area (TPSA) is 0 Å². The number of aryl methyl sites for hydroxylation is 2. The molecule has 0 bridgehead atoms. The van der Waals surface area contributed by atoms with Crippen molar-refractivity contribution in [3.05, 3.63) is 47.0 Å². The maximum atomic E-state index is 2.39. The molecule has 0 saturated carbocycles. The van der Waals surface area contributed by atoms with E-state index in [-0.39, 0.29) is 0 Å². The van der Waals surface area contributed by atoms with Gasteiger partial charge in [-0.1, -0.05) is 35.9 Å². The molecule has 0 spiro atoms. The van der Waals surface area contributed by atoms with E-state index in [9.17, 15) is 0 Å². The van der Waals surface area contributed by atoms with Crippen LogP contribution in [0.15, 0.2) is 30.3 Å². The zero-order valence-electron chi connectivity index (χ0n) is 9.22. The predicted molar refractivity (Wildman–Crippen MR) is 64.4 cm³/mol. The summed E-state index contributed by atoms with van der Waals surface area (Å²) in [5.41, 5.74) is 7.47. The monoisotopic (exact) mass is 196 g/mol. The van der Waals surface area contributed by atoms with Crippen LogP contribution >= 0.6 is 0 Å². The molecule has 15 heavy (non-hydrogen) atoms. The summed E-state index contributed by atoms with van der Waals surface area (Å²) in [4.78, 5) is 0. The Morgan fingerprint density at radius 3 is 2.67 bits per heavy atom. The van der Waals surface area contributed by atoms with E-state index in [1.807, 2.05) is 0 Å². The van der Waals surface area contributed by atoms with E-state index in [0.717, 1.165) is 0 Å².